The molecule has 1 unspecified atom stereocenters. The van der Waals surface area contributed by atoms with Gasteiger partial charge in [-0.15, -0.1) is 0 Å². The predicted octanol–water partition coefficient (Wildman–Crippen LogP) is 22.9. The summed E-state index contributed by atoms with van der Waals surface area (Å²) in [5.41, 5.74) is 0. The quantitative estimate of drug-likeness (QED) is 0.0261. The van der Waals surface area contributed by atoms with Gasteiger partial charge in [0.25, 0.3) is 0 Å². The van der Waals surface area contributed by atoms with E-state index in [1.807, 2.05) is 0 Å². The van der Waals surface area contributed by atoms with Gasteiger partial charge in [-0.3, -0.25) is 14.4 Å². The Morgan fingerprint density at radius 3 is 0.792 bits per heavy atom. The zero-order chi connectivity index (χ0) is 55.7. The van der Waals surface area contributed by atoms with Gasteiger partial charge in [-0.25, -0.2) is 0 Å². The van der Waals surface area contributed by atoms with Crippen LogP contribution in [-0.4, -0.2) is 37.2 Å². The highest BCUT2D eigenvalue weighted by Crippen LogP contribution is 2.18. The number of allylic oxidation sites excluding steroid dienone is 12. The van der Waals surface area contributed by atoms with E-state index in [1.54, 1.807) is 0 Å². The second kappa shape index (κ2) is 65.4. The number of hydrogen-bond donors (Lipinski definition) is 0. The molecule has 0 aliphatic rings. The second-order valence-corrected chi connectivity index (χ2v) is 22.4. The SMILES string of the molecule is CC/C=C\C/C=C\C/C=C\C/C=C\C/C=C\C/C=C\CCCCCCC(=O)OC(COC(=O)CCCCCCCC)COC(=O)CCCCCCCCCCCCCCCCCCCCCCCCCCCCCCCC. The van der Waals surface area contributed by atoms with Gasteiger partial charge in [0.1, 0.15) is 13.2 Å². The Morgan fingerprint density at radius 1 is 0.273 bits per heavy atom. The maximum atomic E-state index is 12.8. The molecule has 0 aliphatic carbocycles. The Morgan fingerprint density at radius 2 is 0.506 bits per heavy atom. The first kappa shape index (κ1) is 73.8. The van der Waals surface area contributed by atoms with E-state index in [-0.39, 0.29) is 31.1 Å². The number of unbranched alkanes of at least 4 members (excludes halogenated alkanes) is 38. The van der Waals surface area contributed by atoms with Crippen LogP contribution in [0.3, 0.4) is 0 Å². The Hall–Kier alpha value is -3.15. The van der Waals surface area contributed by atoms with Crippen molar-refractivity contribution in [3.8, 4) is 0 Å². The molecule has 1 atom stereocenters. The molecule has 0 saturated carbocycles. The molecule has 0 spiro atoms. The monoisotopic (exact) mass is 1070 g/mol. The molecule has 0 N–H and O–H groups in total. The molecule has 6 nitrogen and oxygen atoms in total. The molecule has 0 aromatic rings. The third-order valence-corrected chi connectivity index (χ3v) is 14.7. The van der Waals surface area contributed by atoms with Crippen molar-refractivity contribution in [2.45, 2.75) is 348 Å². The minimum atomic E-state index is -0.786. The minimum Gasteiger partial charge on any atom is -0.462 e. The Kier molecular flexibility index (Phi) is 62.7. The molecule has 0 fully saturated rings. The molecule has 6 heteroatoms. The van der Waals surface area contributed by atoms with E-state index in [2.05, 4.69) is 93.7 Å². The first-order chi connectivity index (χ1) is 38.0. The number of rotatable bonds is 61. The van der Waals surface area contributed by atoms with Crippen molar-refractivity contribution < 1.29 is 28.6 Å². The molecule has 0 aromatic carbocycles. The standard InChI is InChI=1S/C71H126O6/c1-4-7-10-13-16-18-20-22-24-26-28-30-32-33-34-35-36-37-38-40-41-43-45-47-49-51-53-55-58-61-64-70(73)76-67-68(66-75-69(72)63-60-57-15-12-9-6-3)77-71(74)65-62-59-56-54-52-50-48-46-44-42-39-31-29-27-25-23-21-19-17-14-11-8-5-2/h8,11,17,19,23,25,29,31,42,44,48,50,68H,4-7,9-10,12-16,18,20-22,24,26-28,30,32-41,43,45-47,49,51-67H2,1-3H3/b11-8-,19-17-,25-23-,31-29-,44-42-,50-48-. The zero-order valence-electron chi connectivity index (χ0n) is 51.2. The Balaban J connectivity index is 4.05. The topological polar surface area (TPSA) is 78.9 Å². The summed E-state index contributed by atoms with van der Waals surface area (Å²) in [5, 5.41) is 0. The van der Waals surface area contributed by atoms with Crippen molar-refractivity contribution in [1.29, 1.82) is 0 Å². The fourth-order valence-corrected chi connectivity index (χ4v) is 9.74. The molecular formula is C71H126O6. The molecule has 0 aromatic heterocycles. The fourth-order valence-electron chi connectivity index (χ4n) is 9.74. The van der Waals surface area contributed by atoms with E-state index in [0.29, 0.717) is 19.3 Å². The van der Waals surface area contributed by atoms with Crippen LogP contribution in [0.15, 0.2) is 72.9 Å². The molecule has 77 heavy (non-hydrogen) atoms. The van der Waals surface area contributed by atoms with E-state index in [4.69, 9.17) is 14.2 Å². The van der Waals surface area contributed by atoms with Gasteiger partial charge in [-0.2, -0.15) is 0 Å². The van der Waals surface area contributed by atoms with Gasteiger partial charge in [0.15, 0.2) is 6.10 Å². The maximum absolute atomic E-state index is 12.8. The summed E-state index contributed by atoms with van der Waals surface area (Å²) >= 11 is 0. The second-order valence-electron chi connectivity index (χ2n) is 22.4. The Labute approximate surface area is 478 Å². The van der Waals surface area contributed by atoms with Gasteiger partial charge in [0.05, 0.1) is 0 Å². The lowest BCUT2D eigenvalue weighted by Crippen LogP contribution is -2.30. The lowest BCUT2D eigenvalue weighted by Gasteiger charge is -2.18. The summed E-state index contributed by atoms with van der Waals surface area (Å²) < 4.78 is 16.8. The van der Waals surface area contributed by atoms with Crippen molar-refractivity contribution in [3.63, 3.8) is 0 Å². The average molecular weight is 1080 g/mol. The van der Waals surface area contributed by atoms with E-state index < -0.39 is 6.10 Å². The number of carbonyl (C=O) groups is 3. The smallest absolute Gasteiger partial charge is 0.306 e. The highest BCUT2D eigenvalue weighted by Gasteiger charge is 2.19. The molecule has 0 heterocycles. The van der Waals surface area contributed by atoms with Crippen molar-refractivity contribution in [2.75, 3.05) is 13.2 Å². The van der Waals surface area contributed by atoms with Crippen molar-refractivity contribution >= 4 is 17.9 Å². The van der Waals surface area contributed by atoms with Gasteiger partial charge >= 0.3 is 17.9 Å². The van der Waals surface area contributed by atoms with Crippen LogP contribution in [0, 0.1) is 0 Å². The molecule has 446 valence electrons. The lowest BCUT2D eigenvalue weighted by atomic mass is 10.0. The van der Waals surface area contributed by atoms with Crippen molar-refractivity contribution in [2.24, 2.45) is 0 Å². The highest BCUT2D eigenvalue weighted by molar-refractivity contribution is 5.71. The third kappa shape index (κ3) is 63.6. The number of carbonyl (C=O) groups excluding carboxylic acids is 3. The lowest BCUT2D eigenvalue weighted by molar-refractivity contribution is -0.167. The normalized spacial score (nSPS) is 12.5. The van der Waals surface area contributed by atoms with Crippen LogP contribution < -0.4 is 0 Å². The van der Waals surface area contributed by atoms with Gasteiger partial charge < -0.3 is 14.2 Å². The van der Waals surface area contributed by atoms with Crippen LogP contribution in [0.4, 0.5) is 0 Å². The van der Waals surface area contributed by atoms with Gasteiger partial charge in [0.2, 0.25) is 0 Å². The molecule has 0 aliphatic heterocycles. The third-order valence-electron chi connectivity index (χ3n) is 14.7. The molecule has 0 amide bonds. The van der Waals surface area contributed by atoms with Crippen LogP contribution in [0.2, 0.25) is 0 Å². The summed E-state index contributed by atoms with van der Waals surface area (Å²) in [6.45, 7) is 6.49. The largest absolute Gasteiger partial charge is 0.462 e. The van der Waals surface area contributed by atoms with E-state index in [9.17, 15) is 14.4 Å². The summed E-state index contributed by atoms with van der Waals surface area (Å²) in [6, 6.07) is 0. The number of hydrogen-bond acceptors (Lipinski definition) is 6. The molecule has 0 bridgehead atoms. The van der Waals surface area contributed by atoms with Gasteiger partial charge in [-0.05, 0) is 70.6 Å². The molecule has 0 saturated heterocycles. The fraction of sp³-hybridized carbons (Fsp3) is 0.789. The Bertz CT molecular complexity index is 1420. The van der Waals surface area contributed by atoms with Crippen LogP contribution in [0.1, 0.15) is 342 Å². The average Bonchev–Trinajstić information content (AvgIpc) is 3.43. The highest BCUT2D eigenvalue weighted by atomic mass is 16.6. The zero-order valence-corrected chi connectivity index (χ0v) is 51.2. The van der Waals surface area contributed by atoms with E-state index in [1.165, 1.54) is 193 Å². The van der Waals surface area contributed by atoms with Crippen LogP contribution in [0.5, 0.6) is 0 Å². The van der Waals surface area contributed by atoms with Crippen LogP contribution in [-0.2, 0) is 28.6 Å². The number of ether oxygens (including phenoxy) is 3. The summed E-state index contributed by atoms with van der Waals surface area (Å²) in [5.74, 6) is -0.904. The van der Waals surface area contributed by atoms with E-state index >= 15 is 0 Å². The molecular weight excluding hydrogens is 949 g/mol. The van der Waals surface area contributed by atoms with Gasteiger partial charge in [-0.1, -0.05) is 325 Å². The first-order valence-electron chi connectivity index (χ1n) is 33.4. The molecule has 0 rings (SSSR count). The maximum Gasteiger partial charge on any atom is 0.306 e. The summed E-state index contributed by atoms with van der Waals surface area (Å²) in [4.78, 5) is 38.0. The summed E-state index contributed by atoms with van der Waals surface area (Å²) in [6.07, 6.45) is 85.4. The minimum absolute atomic E-state index is 0.0829. The first-order valence-corrected chi connectivity index (χ1v) is 33.4. The van der Waals surface area contributed by atoms with Crippen molar-refractivity contribution in [1.82, 2.24) is 0 Å². The van der Waals surface area contributed by atoms with Gasteiger partial charge in [0, 0.05) is 19.3 Å². The molecule has 0 radical (unpaired) electrons. The number of esters is 3. The summed E-state index contributed by atoms with van der Waals surface area (Å²) in [7, 11) is 0. The van der Waals surface area contributed by atoms with E-state index in [0.717, 1.165) is 109 Å². The predicted molar refractivity (Wildman–Crippen MR) is 335 cm³/mol. The van der Waals surface area contributed by atoms with Crippen molar-refractivity contribution in [3.05, 3.63) is 72.9 Å². The van der Waals surface area contributed by atoms with Crippen LogP contribution in [0.25, 0.3) is 0 Å². The van der Waals surface area contributed by atoms with Crippen LogP contribution >= 0.6 is 0 Å².